The number of ether oxygens (including phenoxy) is 1. The van der Waals surface area contributed by atoms with Gasteiger partial charge in [-0.1, -0.05) is 12.1 Å². The van der Waals surface area contributed by atoms with E-state index in [9.17, 15) is 8.42 Å². The molecule has 1 atom stereocenters. The third-order valence-corrected chi connectivity index (χ3v) is 5.15. The van der Waals surface area contributed by atoms with Crippen LogP contribution in [0.2, 0.25) is 0 Å². The molecule has 23 heavy (non-hydrogen) atoms. The molecule has 1 aromatic rings. The molecule has 1 aliphatic rings. The zero-order chi connectivity index (χ0) is 16.9. The Kier molecular flexibility index (Phi) is 6.03. The van der Waals surface area contributed by atoms with E-state index in [1.807, 2.05) is 25.1 Å². The van der Waals surface area contributed by atoms with Crippen LogP contribution in [0.25, 0.3) is 0 Å². The Morgan fingerprint density at radius 3 is 2.57 bits per heavy atom. The molecule has 1 N–H and O–H groups in total. The molecule has 1 aliphatic carbocycles. The molecular weight excluding hydrogens is 312 g/mol. The van der Waals surface area contributed by atoms with Gasteiger partial charge in [-0.15, -0.1) is 0 Å². The molecule has 6 heteroatoms. The first-order valence-corrected chi connectivity index (χ1v) is 10.0. The molecule has 0 heterocycles. The highest BCUT2D eigenvalue weighted by atomic mass is 32.2. The van der Waals surface area contributed by atoms with Crippen LogP contribution in [-0.2, 0) is 9.84 Å². The predicted molar refractivity (Wildman–Crippen MR) is 90.1 cm³/mol. The van der Waals surface area contributed by atoms with Crippen LogP contribution in [0.5, 0.6) is 5.75 Å². The van der Waals surface area contributed by atoms with Crippen molar-refractivity contribution in [3.8, 4) is 11.8 Å². The molecular formula is C17H24N2O3S. The van der Waals surface area contributed by atoms with Gasteiger partial charge in [-0.05, 0) is 44.7 Å². The molecule has 2 rings (SSSR count). The van der Waals surface area contributed by atoms with Crippen molar-refractivity contribution in [2.45, 2.75) is 50.8 Å². The van der Waals surface area contributed by atoms with E-state index < -0.39 is 9.84 Å². The highest BCUT2D eigenvalue weighted by molar-refractivity contribution is 7.90. The number of nitrogens with one attached hydrogen (secondary N) is 1. The van der Waals surface area contributed by atoms with Gasteiger partial charge in [0.15, 0.2) is 0 Å². The third kappa shape index (κ3) is 5.85. The molecule has 0 amide bonds. The third-order valence-electron chi connectivity index (χ3n) is 4.05. The Balaban J connectivity index is 1.81. The van der Waals surface area contributed by atoms with Crippen LogP contribution in [0.15, 0.2) is 24.3 Å². The number of sulfone groups is 1. The highest BCUT2D eigenvalue weighted by Crippen LogP contribution is 2.26. The maximum absolute atomic E-state index is 11.3. The summed E-state index contributed by atoms with van der Waals surface area (Å²) in [6, 6.07) is 9.73. The number of para-hydroxylation sites is 1. The van der Waals surface area contributed by atoms with Crippen LogP contribution in [0.3, 0.4) is 0 Å². The lowest BCUT2D eigenvalue weighted by Gasteiger charge is -2.31. The fraction of sp³-hybridized carbons (Fsp3) is 0.588. The first-order valence-electron chi connectivity index (χ1n) is 7.97. The molecule has 0 aliphatic heterocycles. The van der Waals surface area contributed by atoms with Crippen LogP contribution in [0.1, 0.15) is 38.2 Å². The van der Waals surface area contributed by atoms with Crippen molar-refractivity contribution in [3.63, 3.8) is 0 Å². The van der Waals surface area contributed by atoms with E-state index in [1.54, 1.807) is 6.07 Å². The van der Waals surface area contributed by atoms with E-state index in [4.69, 9.17) is 10.00 Å². The zero-order valence-electron chi connectivity index (χ0n) is 13.7. The Labute approximate surface area is 138 Å². The van der Waals surface area contributed by atoms with Gasteiger partial charge >= 0.3 is 0 Å². The summed E-state index contributed by atoms with van der Waals surface area (Å²) in [7, 11) is -2.95. The monoisotopic (exact) mass is 336 g/mol. The highest BCUT2D eigenvalue weighted by Gasteiger charge is 2.24. The Hall–Kier alpha value is -1.58. The summed E-state index contributed by atoms with van der Waals surface area (Å²) in [4.78, 5) is 0. The Morgan fingerprint density at radius 1 is 1.30 bits per heavy atom. The minimum Gasteiger partial charge on any atom is -0.489 e. The largest absolute Gasteiger partial charge is 0.489 e. The summed E-state index contributed by atoms with van der Waals surface area (Å²) in [6.45, 7) is 1.91. The van der Waals surface area contributed by atoms with E-state index in [0.29, 0.717) is 17.4 Å². The van der Waals surface area contributed by atoms with E-state index in [0.717, 1.165) is 25.7 Å². The van der Waals surface area contributed by atoms with Crippen molar-refractivity contribution >= 4 is 9.84 Å². The maximum atomic E-state index is 11.3. The summed E-state index contributed by atoms with van der Waals surface area (Å²) in [6.07, 6.45) is 5.10. The van der Waals surface area contributed by atoms with Crippen molar-refractivity contribution < 1.29 is 13.2 Å². The molecule has 5 nitrogen and oxygen atoms in total. The van der Waals surface area contributed by atoms with Crippen LogP contribution in [-0.4, -0.2) is 38.6 Å². The number of nitriles is 1. The summed E-state index contributed by atoms with van der Waals surface area (Å²) < 4.78 is 28.6. The predicted octanol–water partition coefficient (Wildman–Crippen LogP) is 2.27. The molecule has 0 radical (unpaired) electrons. The average molecular weight is 336 g/mol. The van der Waals surface area contributed by atoms with Gasteiger partial charge in [-0.3, -0.25) is 0 Å². The normalized spacial score (nSPS) is 23.0. The second-order valence-electron chi connectivity index (χ2n) is 6.36. The molecule has 0 bridgehead atoms. The lowest BCUT2D eigenvalue weighted by molar-refractivity contribution is 0.137. The second-order valence-corrected chi connectivity index (χ2v) is 8.54. The number of hydrogen-bond acceptors (Lipinski definition) is 5. The fourth-order valence-corrected chi connectivity index (χ4v) is 4.10. The number of benzene rings is 1. The number of hydrogen-bond donors (Lipinski definition) is 1. The van der Waals surface area contributed by atoms with E-state index in [1.165, 1.54) is 6.26 Å². The van der Waals surface area contributed by atoms with Gasteiger partial charge in [0, 0.05) is 18.3 Å². The first kappa shape index (κ1) is 17.8. The van der Waals surface area contributed by atoms with Crippen molar-refractivity contribution in [2.75, 3.05) is 12.0 Å². The van der Waals surface area contributed by atoms with Crippen molar-refractivity contribution in [1.29, 1.82) is 5.26 Å². The Morgan fingerprint density at radius 2 is 1.96 bits per heavy atom. The molecule has 0 aromatic heterocycles. The number of rotatable bonds is 6. The van der Waals surface area contributed by atoms with Crippen molar-refractivity contribution in [1.82, 2.24) is 5.32 Å². The molecule has 1 saturated carbocycles. The van der Waals surface area contributed by atoms with E-state index in [2.05, 4.69) is 11.4 Å². The summed E-state index contributed by atoms with van der Waals surface area (Å²) in [5.74, 6) is 0.816. The maximum Gasteiger partial charge on any atom is 0.148 e. The average Bonchev–Trinajstić information content (AvgIpc) is 2.48. The second kappa shape index (κ2) is 7.80. The standard InChI is InChI=1S/C17H24N2O3S/c1-13(12-23(2,20)21)19-15-7-9-16(10-8-15)22-17-6-4-3-5-14(17)11-18/h3-6,13,15-16,19H,7-10,12H2,1-2H3/t13-,15?,16?/m0/s1. The van der Waals surface area contributed by atoms with E-state index in [-0.39, 0.29) is 17.9 Å². The first-order chi connectivity index (χ1) is 10.9. The molecule has 0 saturated heterocycles. The minimum atomic E-state index is -2.95. The van der Waals surface area contributed by atoms with E-state index >= 15 is 0 Å². The molecule has 0 spiro atoms. The molecule has 1 fully saturated rings. The van der Waals surface area contributed by atoms with Crippen LogP contribution in [0.4, 0.5) is 0 Å². The zero-order valence-corrected chi connectivity index (χ0v) is 14.5. The van der Waals surface area contributed by atoms with Gasteiger partial charge < -0.3 is 10.1 Å². The summed E-state index contributed by atoms with van der Waals surface area (Å²) in [5, 5.41) is 12.5. The van der Waals surface area contributed by atoms with Gasteiger partial charge in [0.1, 0.15) is 21.7 Å². The van der Waals surface area contributed by atoms with Crippen molar-refractivity contribution in [3.05, 3.63) is 29.8 Å². The van der Waals surface area contributed by atoms with Gasteiger partial charge in [-0.25, -0.2) is 8.42 Å². The van der Waals surface area contributed by atoms with Crippen molar-refractivity contribution in [2.24, 2.45) is 0 Å². The van der Waals surface area contributed by atoms with Crippen LogP contribution in [0, 0.1) is 11.3 Å². The lowest BCUT2D eigenvalue weighted by Crippen LogP contribution is -2.43. The Bertz CT molecular complexity index is 659. The van der Waals surface area contributed by atoms with Crippen LogP contribution >= 0.6 is 0 Å². The number of nitrogens with zero attached hydrogens (tertiary/aromatic N) is 1. The summed E-state index contributed by atoms with van der Waals surface area (Å²) >= 11 is 0. The van der Waals surface area contributed by atoms with Gasteiger partial charge in [-0.2, -0.15) is 5.26 Å². The molecule has 126 valence electrons. The summed E-state index contributed by atoms with van der Waals surface area (Å²) in [5.41, 5.74) is 0.564. The lowest BCUT2D eigenvalue weighted by atomic mass is 9.92. The quantitative estimate of drug-likeness (QED) is 0.862. The van der Waals surface area contributed by atoms with Gasteiger partial charge in [0.2, 0.25) is 0 Å². The fourth-order valence-electron chi connectivity index (χ4n) is 3.09. The molecule has 0 unspecified atom stereocenters. The minimum absolute atomic E-state index is 0.0354. The topological polar surface area (TPSA) is 79.2 Å². The SMILES string of the molecule is C[C@@H](CS(C)(=O)=O)NC1CCC(Oc2ccccc2C#N)CC1. The van der Waals surface area contributed by atoms with Gasteiger partial charge in [0.05, 0.1) is 17.4 Å². The molecule has 1 aromatic carbocycles. The van der Waals surface area contributed by atoms with Crippen LogP contribution < -0.4 is 10.1 Å². The van der Waals surface area contributed by atoms with Gasteiger partial charge in [0.25, 0.3) is 0 Å². The smallest absolute Gasteiger partial charge is 0.148 e.